The predicted molar refractivity (Wildman–Crippen MR) is 87.3 cm³/mol. The highest BCUT2D eigenvalue weighted by Gasteiger charge is 2.14. The molecule has 1 atom stereocenters. The van der Waals surface area contributed by atoms with Gasteiger partial charge in [0.2, 0.25) is 0 Å². The molecule has 0 aliphatic heterocycles. The molecule has 0 saturated heterocycles. The van der Waals surface area contributed by atoms with Crippen molar-refractivity contribution in [3.63, 3.8) is 0 Å². The summed E-state index contributed by atoms with van der Waals surface area (Å²) in [4.78, 5) is 0. The summed E-state index contributed by atoms with van der Waals surface area (Å²) >= 11 is 6.31. The molecule has 0 bridgehead atoms. The SMILES string of the molecule is CNC(c1ccc(CC(C)C)cc1)c1ccccc1Cl. The van der Waals surface area contributed by atoms with Crippen LogP contribution < -0.4 is 5.32 Å². The van der Waals surface area contributed by atoms with Crippen molar-refractivity contribution in [2.75, 3.05) is 7.05 Å². The molecule has 2 rings (SSSR count). The lowest BCUT2D eigenvalue weighted by Crippen LogP contribution is -2.18. The molecule has 2 aromatic carbocycles. The van der Waals surface area contributed by atoms with Gasteiger partial charge in [0.15, 0.2) is 0 Å². The highest BCUT2D eigenvalue weighted by atomic mass is 35.5. The zero-order valence-corrected chi connectivity index (χ0v) is 13.1. The summed E-state index contributed by atoms with van der Waals surface area (Å²) in [5, 5.41) is 4.16. The van der Waals surface area contributed by atoms with Gasteiger partial charge in [0.1, 0.15) is 0 Å². The maximum absolute atomic E-state index is 6.31. The first kappa shape index (κ1) is 15.1. The Bertz CT molecular complexity index is 546. The summed E-state index contributed by atoms with van der Waals surface area (Å²) in [6.07, 6.45) is 1.12. The lowest BCUT2D eigenvalue weighted by molar-refractivity contribution is 0.645. The Morgan fingerprint density at radius 3 is 2.20 bits per heavy atom. The van der Waals surface area contributed by atoms with E-state index in [-0.39, 0.29) is 6.04 Å². The van der Waals surface area contributed by atoms with Crippen molar-refractivity contribution < 1.29 is 0 Å². The second-order valence-corrected chi connectivity index (χ2v) is 5.99. The van der Waals surface area contributed by atoms with Gasteiger partial charge in [-0.3, -0.25) is 0 Å². The number of hydrogen-bond acceptors (Lipinski definition) is 1. The monoisotopic (exact) mass is 287 g/mol. The van der Waals surface area contributed by atoms with Crippen LogP contribution in [0.5, 0.6) is 0 Å². The fourth-order valence-corrected chi connectivity index (χ4v) is 2.77. The fourth-order valence-electron chi connectivity index (χ4n) is 2.53. The summed E-state index contributed by atoms with van der Waals surface area (Å²) in [7, 11) is 1.97. The van der Waals surface area contributed by atoms with Crippen LogP contribution in [-0.4, -0.2) is 7.05 Å². The number of nitrogens with one attached hydrogen (secondary N) is 1. The molecule has 0 aliphatic carbocycles. The average molecular weight is 288 g/mol. The van der Waals surface area contributed by atoms with Crippen LogP contribution in [0.2, 0.25) is 5.02 Å². The van der Waals surface area contributed by atoms with Crippen LogP contribution in [0.4, 0.5) is 0 Å². The van der Waals surface area contributed by atoms with Crippen LogP contribution in [0.15, 0.2) is 48.5 Å². The molecule has 106 valence electrons. The summed E-state index contributed by atoms with van der Waals surface area (Å²) in [5.74, 6) is 0.685. The Labute approximate surface area is 127 Å². The standard InChI is InChI=1S/C18H22ClN/c1-13(2)12-14-8-10-15(11-9-14)18(20-3)16-6-4-5-7-17(16)19/h4-11,13,18,20H,12H2,1-3H3. The van der Waals surface area contributed by atoms with Gasteiger partial charge in [0, 0.05) is 5.02 Å². The van der Waals surface area contributed by atoms with Crippen LogP contribution in [0.3, 0.4) is 0 Å². The largest absolute Gasteiger partial charge is 0.309 e. The van der Waals surface area contributed by atoms with Gasteiger partial charge in [-0.25, -0.2) is 0 Å². The average Bonchev–Trinajstić information content (AvgIpc) is 2.43. The minimum absolute atomic E-state index is 0.136. The topological polar surface area (TPSA) is 12.0 Å². The molecule has 1 nitrogen and oxygen atoms in total. The van der Waals surface area contributed by atoms with Crippen LogP contribution in [0.1, 0.15) is 36.6 Å². The van der Waals surface area contributed by atoms with E-state index in [1.165, 1.54) is 11.1 Å². The normalized spacial score (nSPS) is 12.7. The summed E-state index contributed by atoms with van der Waals surface area (Å²) in [6.45, 7) is 4.49. The fraction of sp³-hybridized carbons (Fsp3) is 0.333. The second kappa shape index (κ2) is 6.92. The lowest BCUT2D eigenvalue weighted by Gasteiger charge is -2.19. The third-order valence-electron chi connectivity index (χ3n) is 3.46. The minimum Gasteiger partial charge on any atom is -0.309 e. The molecule has 0 amide bonds. The Hall–Kier alpha value is -1.31. The van der Waals surface area contributed by atoms with Crippen LogP contribution in [-0.2, 0) is 6.42 Å². The van der Waals surface area contributed by atoms with Gasteiger partial charge in [-0.05, 0) is 42.1 Å². The molecule has 0 saturated carbocycles. The molecule has 2 heteroatoms. The van der Waals surface area contributed by atoms with Crippen LogP contribution in [0.25, 0.3) is 0 Å². The third-order valence-corrected chi connectivity index (χ3v) is 3.81. The number of rotatable bonds is 5. The molecule has 0 spiro atoms. The molecule has 0 aromatic heterocycles. The van der Waals surface area contributed by atoms with E-state index in [2.05, 4.69) is 49.5 Å². The van der Waals surface area contributed by atoms with Gasteiger partial charge in [-0.15, -0.1) is 0 Å². The number of hydrogen-bond donors (Lipinski definition) is 1. The van der Waals surface area contributed by atoms with Crippen molar-refractivity contribution in [3.8, 4) is 0 Å². The van der Waals surface area contributed by atoms with Gasteiger partial charge in [-0.1, -0.05) is 67.9 Å². The van der Waals surface area contributed by atoms with Crippen LogP contribution in [0, 0.1) is 5.92 Å². The molecule has 2 aromatic rings. The van der Waals surface area contributed by atoms with E-state index in [0.717, 1.165) is 17.0 Å². The van der Waals surface area contributed by atoms with Crippen molar-refractivity contribution >= 4 is 11.6 Å². The summed E-state index contributed by atoms with van der Waals surface area (Å²) in [6, 6.07) is 17.0. The molecular formula is C18H22ClN. The molecule has 1 N–H and O–H groups in total. The van der Waals surface area contributed by atoms with Crippen molar-refractivity contribution in [2.45, 2.75) is 26.3 Å². The molecule has 0 radical (unpaired) electrons. The van der Waals surface area contributed by atoms with E-state index >= 15 is 0 Å². The van der Waals surface area contributed by atoms with Gasteiger partial charge < -0.3 is 5.32 Å². The highest BCUT2D eigenvalue weighted by molar-refractivity contribution is 6.31. The van der Waals surface area contributed by atoms with E-state index in [1.807, 2.05) is 25.2 Å². The first-order chi connectivity index (χ1) is 9.61. The third kappa shape index (κ3) is 3.62. The zero-order chi connectivity index (χ0) is 14.5. The van der Waals surface area contributed by atoms with Crippen molar-refractivity contribution in [2.24, 2.45) is 5.92 Å². The number of halogens is 1. The first-order valence-corrected chi connectivity index (χ1v) is 7.50. The van der Waals surface area contributed by atoms with Crippen molar-refractivity contribution in [1.82, 2.24) is 5.32 Å². The molecular weight excluding hydrogens is 266 g/mol. The summed E-state index contributed by atoms with van der Waals surface area (Å²) < 4.78 is 0. The van der Waals surface area contributed by atoms with Gasteiger partial charge >= 0.3 is 0 Å². The Morgan fingerprint density at radius 1 is 1.00 bits per heavy atom. The van der Waals surface area contributed by atoms with Crippen LogP contribution >= 0.6 is 11.6 Å². The van der Waals surface area contributed by atoms with Gasteiger partial charge in [-0.2, -0.15) is 0 Å². The second-order valence-electron chi connectivity index (χ2n) is 5.58. The van der Waals surface area contributed by atoms with E-state index in [1.54, 1.807) is 0 Å². The van der Waals surface area contributed by atoms with Gasteiger partial charge in [0.25, 0.3) is 0 Å². The van der Waals surface area contributed by atoms with E-state index in [9.17, 15) is 0 Å². The number of benzene rings is 2. The quantitative estimate of drug-likeness (QED) is 0.829. The first-order valence-electron chi connectivity index (χ1n) is 7.12. The Morgan fingerprint density at radius 2 is 1.65 bits per heavy atom. The molecule has 0 aliphatic rings. The predicted octanol–water partition coefficient (Wildman–Crippen LogP) is 4.85. The van der Waals surface area contributed by atoms with Gasteiger partial charge in [0.05, 0.1) is 6.04 Å². The van der Waals surface area contributed by atoms with E-state index in [4.69, 9.17) is 11.6 Å². The molecule has 0 heterocycles. The Balaban J connectivity index is 2.26. The molecule has 0 fully saturated rings. The maximum atomic E-state index is 6.31. The smallest absolute Gasteiger partial charge is 0.0589 e. The Kier molecular flexibility index (Phi) is 5.22. The minimum atomic E-state index is 0.136. The lowest BCUT2D eigenvalue weighted by atomic mass is 9.96. The summed E-state index contributed by atoms with van der Waals surface area (Å²) in [5.41, 5.74) is 3.75. The van der Waals surface area contributed by atoms with E-state index in [0.29, 0.717) is 5.92 Å². The van der Waals surface area contributed by atoms with Crippen molar-refractivity contribution in [1.29, 1.82) is 0 Å². The van der Waals surface area contributed by atoms with E-state index < -0.39 is 0 Å². The highest BCUT2D eigenvalue weighted by Crippen LogP contribution is 2.28. The van der Waals surface area contributed by atoms with Crippen molar-refractivity contribution in [3.05, 3.63) is 70.2 Å². The molecule has 1 unspecified atom stereocenters. The zero-order valence-electron chi connectivity index (χ0n) is 12.4. The molecule has 20 heavy (non-hydrogen) atoms. The maximum Gasteiger partial charge on any atom is 0.0589 e.